The summed E-state index contributed by atoms with van der Waals surface area (Å²) in [6, 6.07) is 8.47. The number of hydrogen-bond acceptors (Lipinski definition) is 1. The zero-order valence-corrected chi connectivity index (χ0v) is 6.71. The van der Waals surface area contributed by atoms with Gasteiger partial charge in [-0.05, 0) is 12.1 Å². The molecule has 0 saturated carbocycles. The zero-order valence-electron chi connectivity index (χ0n) is 4.95. The molecule has 1 rings (SSSR count). The molecular formula is C6H6CuO2S. The molecule has 0 saturated heterocycles. The van der Waals surface area contributed by atoms with Gasteiger partial charge in [-0.3, -0.25) is 0 Å². The fourth-order valence-electron chi connectivity index (χ4n) is 0.537. The second-order valence-electron chi connectivity index (χ2n) is 1.56. The van der Waals surface area contributed by atoms with E-state index in [0.717, 1.165) is 0 Å². The Balaban J connectivity index is 0.000000810. The molecule has 0 amide bonds. The third-order valence-electron chi connectivity index (χ3n) is 0.945. The molecule has 0 aliphatic carbocycles. The van der Waals surface area contributed by atoms with E-state index in [4.69, 9.17) is 4.55 Å². The molecule has 1 radical (unpaired) electrons. The van der Waals surface area contributed by atoms with E-state index >= 15 is 0 Å². The van der Waals surface area contributed by atoms with Crippen LogP contribution in [0.2, 0.25) is 0 Å². The minimum atomic E-state index is -1.83. The van der Waals surface area contributed by atoms with Crippen molar-refractivity contribution in [2.24, 2.45) is 0 Å². The van der Waals surface area contributed by atoms with Gasteiger partial charge in [0.25, 0.3) is 0 Å². The van der Waals surface area contributed by atoms with E-state index in [0.29, 0.717) is 4.90 Å². The van der Waals surface area contributed by atoms with E-state index in [1.54, 1.807) is 30.3 Å². The van der Waals surface area contributed by atoms with Gasteiger partial charge in [-0.15, -0.1) is 0 Å². The molecule has 1 N–H and O–H groups in total. The quantitative estimate of drug-likeness (QED) is 0.554. The Bertz CT molecular complexity index is 212. The van der Waals surface area contributed by atoms with Crippen molar-refractivity contribution >= 4 is 11.1 Å². The molecule has 0 bridgehead atoms. The van der Waals surface area contributed by atoms with Gasteiger partial charge in [-0.25, -0.2) is 4.21 Å². The number of rotatable bonds is 1. The molecule has 1 aromatic rings. The van der Waals surface area contributed by atoms with Crippen molar-refractivity contribution in [1.82, 2.24) is 0 Å². The van der Waals surface area contributed by atoms with Gasteiger partial charge in [-0.2, -0.15) is 0 Å². The molecular weight excluding hydrogens is 200 g/mol. The van der Waals surface area contributed by atoms with Crippen molar-refractivity contribution in [3.05, 3.63) is 30.3 Å². The summed E-state index contributed by atoms with van der Waals surface area (Å²) in [6.07, 6.45) is 0. The SMILES string of the molecule is O=S(O)c1ccccc1.[Cu]. The zero-order chi connectivity index (χ0) is 6.69. The summed E-state index contributed by atoms with van der Waals surface area (Å²) in [5.74, 6) is 0. The smallest absolute Gasteiger partial charge is 0.186 e. The van der Waals surface area contributed by atoms with Gasteiger partial charge >= 0.3 is 0 Å². The molecule has 0 fully saturated rings. The van der Waals surface area contributed by atoms with Gasteiger partial charge in [-0.1, -0.05) is 18.2 Å². The summed E-state index contributed by atoms with van der Waals surface area (Å²) in [5, 5.41) is 0. The first-order valence-electron chi connectivity index (χ1n) is 2.46. The molecule has 10 heavy (non-hydrogen) atoms. The van der Waals surface area contributed by atoms with Crippen molar-refractivity contribution in [2.45, 2.75) is 4.90 Å². The van der Waals surface area contributed by atoms with Crippen molar-refractivity contribution in [2.75, 3.05) is 0 Å². The molecule has 0 heterocycles. The first-order chi connectivity index (χ1) is 4.30. The topological polar surface area (TPSA) is 37.3 Å². The van der Waals surface area contributed by atoms with Crippen molar-refractivity contribution < 1.29 is 25.8 Å². The molecule has 0 spiro atoms. The van der Waals surface area contributed by atoms with Gasteiger partial charge in [0.05, 0.1) is 4.90 Å². The van der Waals surface area contributed by atoms with E-state index in [9.17, 15) is 4.21 Å². The standard InChI is InChI=1S/C6H6O2S.Cu/c7-9(8)6-4-2-1-3-5-6;/h1-5H,(H,7,8);. The van der Waals surface area contributed by atoms with Crippen LogP contribution in [0.25, 0.3) is 0 Å². The van der Waals surface area contributed by atoms with Crippen molar-refractivity contribution in [1.29, 1.82) is 0 Å². The number of benzene rings is 1. The molecule has 0 aliphatic heterocycles. The summed E-state index contributed by atoms with van der Waals surface area (Å²) in [5.41, 5.74) is 0. The molecule has 1 aromatic carbocycles. The van der Waals surface area contributed by atoms with Gasteiger partial charge in [0.2, 0.25) is 0 Å². The molecule has 59 valence electrons. The Kier molecular flexibility index (Phi) is 4.56. The van der Waals surface area contributed by atoms with Crippen LogP contribution in [0.15, 0.2) is 35.2 Å². The third kappa shape index (κ3) is 2.62. The van der Waals surface area contributed by atoms with E-state index in [1.165, 1.54) is 0 Å². The maximum atomic E-state index is 10.3. The molecule has 2 nitrogen and oxygen atoms in total. The van der Waals surface area contributed by atoms with Crippen LogP contribution in [-0.4, -0.2) is 8.76 Å². The predicted octanol–water partition coefficient (Wildman–Crippen LogP) is 1.26. The largest absolute Gasteiger partial charge is 0.302 e. The molecule has 1 unspecified atom stereocenters. The normalized spacial score (nSPS) is 11.7. The van der Waals surface area contributed by atoms with E-state index in [-0.39, 0.29) is 17.1 Å². The average Bonchev–Trinajstić information content (AvgIpc) is 1.90. The maximum absolute atomic E-state index is 10.3. The third-order valence-corrected chi connectivity index (χ3v) is 1.62. The van der Waals surface area contributed by atoms with Gasteiger partial charge in [0.15, 0.2) is 11.1 Å². The second-order valence-corrected chi connectivity index (χ2v) is 2.53. The van der Waals surface area contributed by atoms with E-state index in [1.807, 2.05) is 0 Å². The Morgan fingerprint density at radius 2 is 1.70 bits per heavy atom. The van der Waals surface area contributed by atoms with Crippen LogP contribution >= 0.6 is 0 Å². The maximum Gasteiger partial charge on any atom is 0.186 e. The predicted molar refractivity (Wildman–Crippen MR) is 35.5 cm³/mol. The fourth-order valence-corrected chi connectivity index (χ4v) is 0.927. The van der Waals surface area contributed by atoms with Gasteiger partial charge in [0.1, 0.15) is 0 Å². The summed E-state index contributed by atoms with van der Waals surface area (Å²) >= 11 is -1.83. The van der Waals surface area contributed by atoms with Crippen LogP contribution < -0.4 is 0 Å². The minimum absolute atomic E-state index is 0. The first-order valence-corrected chi connectivity index (χ1v) is 3.57. The summed E-state index contributed by atoms with van der Waals surface area (Å²) < 4.78 is 18.8. The first kappa shape index (κ1) is 9.85. The van der Waals surface area contributed by atoms with Crippen LogP contribution in [0.1, 0.15) is 0 Å². The average molecular weight is 206 g/mol. The van der Waals surface area contributed by atoms with Crippen molar-refractivity contribution in [3.63, 3.8) is 0 Å². The molecule has 0 aliphatic rings. The van der Waals surface area contributed by atoms with Crippen LogP contribution in [0.3, 0.4) is 0 Å². The number of hydrogen-bond donors (Lipinski definition) is 1. The Morgan fingerprint density at radius 1 is 1.20 bits per heavy atom. The summed E-state index contributed by atoms with van der Waals surface area (Å²) in [4.78, 5) is 0.442. The molecule has 0 aromatic heterocycles. The molecule has 1 atom stereocenters. The summed E-state index contributed by atoms with van der Waals surface area (Å²) in [6.45, 7) is 0. The van der Waals surface area contributed by atoms with Gasteiger partial charge in [0, 0.05) is 17.1 Å². The van der Waals surface area contributed by atoms with Crippen molar-refractivity contribution in [3.8, 4) is 0 Å². The van der Waals surface area contributed by atoms with E-state index in [2.05, 4.69) is 0 Å². The van der Waals surface area contributed by atoms with Gasteiger partial charge < -0.3 is 4.55 Å². The molecule has 4 heteroatoms. The minimum Gasteiger partial charge on any atom is -0.302 e. The monoisotopic (exact) mass is 205 g/mol. The van der Waals surface area contributed by atoms with Crippen LogP contribution in [-0.2, 0) is 28.1 Å². The van der Waals surface area contributed by atoms with Crippen LogP contribution in [0, 0.1) is 0 Å². The fraction of sp³-hybridized carbons (Fsp3) is 0. The Labute approximate surface area is 72.4 Å². The van der Waals surface area contributed by atoms with E-state index < -0.39 is 11.1 Å². The Morgan fingerprint density at radius 3 is 2.00 bits per heavy atom. The van der Waals surface area contributed by atoms with Crippen LogP contribution in [0.5, 0.6) is 0 Å². The van der Waals surface area contributed by atoms with Crippen LogP contribution in [0.4, 0.5) is 0 Å². The summed E-state index contributed by atoms with van der Waals surface area (Å²) in [7, 11) is 0. The Hall–Kier alpha value is -0.151. The second kappa shape index (κ2) is 4.63.